The van der Waals surface area contributed by atoms with Crippen molar-refractivity contribution in [3.63, 3.8) is 0 Å². The molecule has 8 atom stereocenters. The Labute approximate surface area is 205 Å². The van der Waals surface area contributed by atoms with Crippen LogP contribution in [0.3, 0.4) is 0 Å². The molecule has 3 aliphatic rings. The number of aliphatic hydroxyl groups is 2. The average molecular weight is 493 g/mol. The van der Waals surface area contributed by atoms with Crippen LogP contribution < -0.4 is 0 Å². The minimum atomic E-state index is -1.79. The lowest BCUT2D eigenvalue weighted by atomic mass is 9.38. The van der Waals surface area contributed by atoms with Crippen LogP contribution in [0.4, 0.5) is 0 Å². The van der Waals surface area contributed by atoms with Crippen LogP contribution in [-0.4, -0.2) is 52.0 Å². The highest BCUT2D eigenvalue weighted by Gasteiger charge is 2.78. The zero-order valence-electron chi connectivity index (χ0n) is 21.4. The monoisotopic (exact) mass is 492 g/mol. The Morgan fingerprint density at radius 2 is 1.57 bits per heavy atom. The molecule has 9 nitrogen and oxygen atoms in total. The molecule has 0 aliphatic heterocycles. The van der Waals surface area contributed by atoms with Crippen LogP contribution in [0.25, 0.3) is 0 Å². The molecule has 0 amide bonds. The van der Waals surface area contributed by atoms with Gasteiger partial charge < -0.3 is 28.8 Å². The second kappa shape index (κ2) is 8.06. The SMILES string of the molecule is CC(=O)OC1C2C(Cc3occc3C2(C)O)C2(C)C(OC(C)=O)CCC(C)(C)C2(O)C1OC(C)=O. The van der Waals surface area contributed by atoms with Crippen molar-refractivity contribution in [1.29, 1.82) is 0 Å². The highest BCUT2D eigenvalue weighted by atomic mass is 16.6. The van der Waals surface area contributed by atoms with E-state index in [0.717, 1.165) is 0 Å². The number of rotatable bonds is 3. The summed E-state index contributed by atoms with van der Waals surface area (Å²) in [6.07, 6.45) is -0.497. The molecule has 2 saturated carbocycles. The molecule has 9 heteroatoms. The van der Waals surface area contributed by atoms with Crippen LogP contribution in [0.15, 0.2) is 16.7 Å². The Hall–Kier alpha value is -2.39. The minimum Gasteiger partial charge on any atom is -0.469 e. The summed E-state index contributed by atoms with van der Waals surface area (Å²) in [7, 11) is 0. The van der Waals surface area contributed by atoms with Crippen molar-refractivity contribution in [2.24, 2.45) is 22.7 Å². The van der Waals surface area contributed by atoms with Crippen molar-refractivity contribution < 1.29 is 43.2 Å². The molecule has 0 spiro atoms. The number of furan rings is 1. The van der Waals surface area contributed by atoms with Crippen molar-refractivity contribution in [2.75, 3.05) is 0 Å². The Kier molecular flexibility index (Phi) is 5.92. The maximum atomic E-state index is 12.8. The third kappa shape index (κ3) is 3.45. The molecule has 2 N–H and O–H groups in total. The van der Waals surface area contributed by atoms with E-state index in [2.05, 4.69) is 0 Å². The van der Waals surface area contributed by atoms with Crippen molar-refractivity contribution in [3.05, 3.63) is 23.7 Å². The van der Waals surface area contributed by atoms with Gasteiger partial charge in [-0.3, -0.25) is 14.4 Å². The quantitative estimate of drug-likeness (QED) is 0.483. The van der Waals surface area contributed by atoms with Gasteiger partial charge >= 0.3 is 17.9 Å². The molecule has 0 saturated heterocycles. The predicted molar refractivity (Wildman–Crippen MR) is 122 cm³/mol. The standard InChI is InChI=1S/C26H36O9/c1-13(27)33-19-8-10-23(4,5)26(31)22(35-15(3)29)21(34-14(2)28)20-17(24(19,26)6)12-18-16(9-11-32-18)25(20,7)30/h9,11,17,19-22,30-31H,8,10,12H2,1-7H3. The maximum absolute atomic E-state index is 12.8. The zero-order valence-corrected chi connectivity index (χ0v) is 21.4. The summed E-state index contributed by atoms with van der Waals surface area (Å²) in [5.74, 6) is -2.58. The molecule has 4 rings (SSSR count). The van der Waals surface area contributed by atoms with E-state index in [0.29, 0.717) is 30.6 Å². The Morgan fingerprint density at radius 1 is 0.971 bits per heavy atom. The zero-order chi connectivity index (χ0) is 26.1. The summed E-state index contributed by atoms with van der Waals surface area (Å²) < 4.78 is 23.1. The van der Waals surface area contributed by atoms with E-state index >= 15 is 0 Å². The van der Waals surface area contributed by atoms with Crippen LogP contribution in [0.5, 0.6) is 0 Å². The van der Waals surface area contributed by atoms with E-state index < -0.39 is 70.1 Å². The first kappa shape index (κ1) is 25.7. The third-order valence-corrected chi connectivity index (χ3v) is 9.07. The second-order valence-corrected chi connectivity index (χ2v) is 11.4. The van der Waals surface area contributed by atoms with E-state index in [1.807, 2.05) is 20.8 Å². The van der Waals surface area contributed by atoms with Crippen LogP contribution >= 0.6 is 0 Å². The molecule has 1 aromatic heterocycles. The first-order valence-electron chi connectivity index (χ1n) is 12.1. The predicted octanol–water partition coefficient (Wildman–Crippen LogP) is 2.64. The van der Waals surface area contributed by atoms with Crippen molar-refractivity contribution >= 4 is 17.9 Å². The molecule has 1 heterocycles. The number of hydrogen-bond donors (Lipinski definition) is 2. The van der Waals surface area contributed by atoms with Crippen LogP contribution in [0, 0.1) is 22.7 Å². The lowest BCUT2D eigenvalue weighted by Gasteiger charge is -2.70. The van der Waals surface area contributed by atoms with Crippen molar-refractivity contribution in [3.8, 4) is 0 Å². The molecule has 2 fully saturated rings. The molecule has 0 aromatic carbocycles. The number of fused-ring (bicyclic) bond motifs is 4. The van der Waals surface area contributed by atoms with Gasteiger partial charge in [0.25, 0.3) is 0 Å². The maximum Gasteiger partial charge on any atom is 0.303 e. The number of ether oxygens (including phenoxy) is 3. The van der Waals surface area contributed by atoms with Gasteiger partial charge in [0.2, 0.25) is 0 Å². The van der Waals surface area contributed by atoms with Crippen LogP contribution in [-0.2, 0) is 40.6 Å². The fourth-order valence-electron chi connectivity index (χ4n) is 7.62. The summed E-state index contributed by atoms with van der Waals surface area (Å²) in [6, 6.07) is 1.68. The van der Waals surface area contributed by atoms with Crippen molar-refractivity contribution in [1.82, 2.24) is 0 Å². The summed E-state index contributed by atoms with van der Waals surface area (Å²) in [4.78, 5) is 36.9. The minimum absolute atomic E-state index is 0.306. The van der Waals surface area contributed by atoms with E-state index in [1.54, 1.807) is 13.0 Å². The first-order chi connectivity index (χ1) is 16.1. The molecule has 8 unspecified atom stereocenters. The molecule has 194 valence electrons. The van der Waals surface area contributed by atoms with Gasteiger partial charge in [-0.15, -0.1) is 0 Å². The second-order valence-electron chi connectivity index (χ2n) is 11.4. The van der Waals surface area contributed by atoms with E-state index in [-0.39, 0.29) is 0 Å². The fraction of sp³-hybridized carbons (Fsp3) is 0.731. The summed E-state index contributed by atoms with van der Waals surface area (Å²) in [6.45, 7) is 11.0. The number of carbonyl (C=O) groups is 3. The van der Waals surface area contributed by atoms with Gasteiger partial charge in [-0.1, -0.05) is 20.8 Å². The van der Waals surface area contributed by atoms with Crippen LogP contribution in [0.1, 0.15) is 72.6 Å². The Balaban J connectivity index is 2.05. The Morgan fingerprint density at radius 3 is 2.14 bits per heavy atom. The smallest absolute Gasteiger partial charge is 0.303 e. The van der Waals surface area contributed by atoms with Gasteiger partial charge in [0, 0.05) is 44.1 Å². The van der Waals surface area contributed by atoms with Gasteiger partial charge in [-0.05, 0) is 37.2 Å². The molecule has 0 bridgehead atoms. The van der Waals surface area contributed by atoms with Gasteiger partial charge in [-0.2, -0.15) is 0 Å². The molecule has 35 heavy (non-hydrogen) atoms. The highest BCUT2D eigenvalue weighted by Crippen LogP contribution is 2.68. The summed E-state index contributed by atoms with van der Waals surface area (Å²) in [5, 5.41) is 24.7. The normalized spacial score (nSPS) is 41.6. The van der Waals surface area contributed by atoms with Gasteiger partial charge in [-0.25, -0.2) is 0 Å². The fourth-order valence-corrected chi connectivity index (χ4v) is 7.62. The number of hydrogen-bond acceptors (Lipinski definition) is 9. The summed E-state index contributed by atoms with van der Waals surface area (Å²) >= 11 is 0. The number of carbonyl (C=O) groups excluding carboxylic acids is 3. The van der Waals surface area contributed by atoms with Gasteiger partial charge in [0.05, 0.1) is 11.9 Å². The average Bonchev–Trinajstić information content (AvgIpc) is 3.19. The lowest BCUT2D eigenvalue weighted by Crippen LogP contribution is -2.81. The van der Waals surface area contributed by atoms with Crippen molar-refractivity contribution in [2.45, 2.75) is 97.2 Å². The Bertz CT molecular complexity index is 1040. The summed E-state index contributed by atoms with van der Waals surface area (Å²) in [5.41, 5.74) is -4.83. The molecule has 1 aromatic rings. The van der Waals surface area contributed by atoms with E-state index in [4.69, 9.17) is 18.6 Å². The molecular weight excluding hydrogens is 456 g/mol. The molecule has 0 radical (unpaired) electrons. The van der Waals surface area contributed by atoms with E-state index in [9.17, 15) is 24.6 Å². The number of esters is 3. The van der Waals surface area contributed by atoms with E-state index in [1.165, 1.54) is 27.0 Å². The third-order valence-electron chi connectivity index (χ3n) is 9.07. The molecule has 3 aliphatic carbocycles. The first-order valence-corrected chi connectivity index (χ1v) is 12.1. The largest absolute Gasteiger partial charge is 0.469 e. The van der Waals surface area contributed by atoms with Crippen LogP contribution in [0.2, 0.25) is 0 Å². The van der Waals surface area contributed by atoms with Gasteiger partial charge in [0.15, 0.2) is 6.10 Å². The van der Waals surface area contributed by atoms with Gasteiger partial charge in [0.1, 0.15) is 23.6 Å². The molecular formula is C26H36O9. The topological polar surface area (TPSA) is 132 Å². The highest BCUT2D eigenvalue weighted by molar-refractivity contribution is 5.68. The lowest BCUT2D eigenvalue weighted by molar-refractivity contribution is -0.351.